The van der Waals surface area contributed by atoms with Crippen molar-refractivity contribution in [2.24, 2.45) is 5.92 Å². The molecule has 1 fully saturated rings. The molecule has 4 nitrogen and oxygen atoms in total. The lowest BCUT2D eigenvalue weighted by Crippen LogP contribution is -2.30. The highest BCUT2D eigenvalue weighted by molar-refractivity contribution is 9.10. The zero-order valence-electron chi connectivity index (χ0n) is 11.8. The molecule has 1 atom stereocenters. The molecule has 1 aromatic carbocycles. The first-order valence-corrected chi connectivity index (χ1v) is 9.22. The summed E-state index contributed by atoms with van der Waals surface area (Å²) < 4.78 is 41.3. The number of rotatable bonds is 5. The highest BCUT2D eigenvalue weighted by atomic mass is 79.9. The second kappa shape index (κ2) is 6.73. The van der Waals surface area contributed by atoms with E-state index in [1.807, 2.05) is 0 Å². The van der Waals surface area contributed by atoms with E-state index in [1.165, 1.54) is 16.4 Å². The van der Waals surface area contributed by atoms with Gasteiger partial charge in [-0.15, -0.1) is 0 Å². The molecule has 1 N–H and O–H groups in total. The maximum absolute atomic E-state index is 14.3. The van der Waals surface area contributed by atoms with Crippen molar-refractivity contribution in [2.45, 2.75) is 37.7 Å². The van der Waals surface area contributed by atoms with E-state index in [0.29, 0.717) is 23.5 Å². The smallest absolute Gasteiger partial charge is 0.246 e. The fourth-order valence-electron chi connectivity index (χ4n) is 2.72. The van der Waals surface area contributed by atoms with Crippen LogP contribution < -0.4 is 0 Å². The van der Waals surface area contributed by atoms with Gasteiger partial charge in [-0.1, -0.05) is 29.3 Å². The molecule has 0 aliphatic carbocycles. The standard InChI is InChI=1S/C14H19BrFNO3S/c1-2-3-10-4-5-17(8-10)21(19,20)13-7-12(15)6-11(9-18)14(13)16/h6-7,10,18H,2-5,8-9H2,1H3. The number of aliphatic hydroxyl groups is 1. The fraction of sp³-hybridized carbons (Fsp3) is 0.571. The Bertz CT molecular complexity index is 621. The predicted octanol–water partition coefficient (Wildman–Crippen LogP) is 2.89. The molecule has 0 bridgehead atoms. The first-order chi connectivity index (χ1) is 9.90. The lowest BCUT2D eigenvalue weighted by Gasteiger charge is -2.18. The third-order valence-electron chi connectivity index (χ3n) is 3.81. The topological polar surface area (TPSA) is 57.6 Å². The maximum atomic E-state index is 14.3. The molecule has 0 amide bonds. The summed E-state index contributed by atoms with van der Waals surface area (Å²) >= 11 is 3.17. The van der Waals surface area contributed by atoms with Gasteiger partial charge in [0.15, 0.2) is 0 Å². The van der Waals surface area contributed by atoms with E-state index in [-0.39, 0.29) is 10.5 Å². The monoisotopic (exact) mass is 379 g/mol. The van der Waals surface area contributed by atoms with Crippen molar-refractivity contribution in [2.75, 3.05) is 13.1 Å². The molecule has 0 saturated carbocycles. The molecule has 0 aromatic heterocycles. The molecule has 1 aliphatic rings. The van der Waals surface area contributed by atoms with Gasteiger partial charge in [-0.05, 0) is 30.9 Å². The molecule has 21 heavy (non-hydrogen) atoms. The Morgan fingerprint density at radius 1 is 1.48 bits per heavy atom. The maximum Gasteiger partial charge on any atom is 0.246 e. The van der Waals surface area contributed by atoms with Crippen LogP contribution in [0, 0.1) is 11.7 Å². The van der Waals surface area contributed by atoms with Crippen molar-refractivity contribution in [1.29, 1.82) is 0 Å². The van der Waals surface area contributed by atoms with Crippen LogP contribution >= 0.6 is 15.9 Å². The Morgan fingerprint density at radius 2 is 2.19 bits per heavy atom. The fourth-order valence-corrected chi connectivity index (χ4v) is 5.04. The van der Waals surface area contributed by atoms with Crippen LogP contribution in [0.5, 0.6) is 0 Å². The van der Waals surface area contributed by atoms with Gasteiger partial charge in [0.2, 0.25) is 10.0 Å². The molecule has 118 valence electrons. The molecule has 2 rings (SSSR count). The molecule has 1 saturated heterocycles. The van der Waals surface area contributed by atoms with E-state index < -0.39 is 22.4 Å². The summed E-state index contributed by atoms with van der Waals surface area (Å²) in [6.45, 7) is 2.40. The van der Waals surface area contributed by atoms with Crippen molar-refractivity contribution in [3.8, 4) is 0 Å². The van der Waals surface area contributed by atoms with E-state index in [1.54, 1.807) is 0 Å². The number of aliphatic hydroxyl groups excluding tert-OH is 1. The van der Waals surface area contributed by atoms with Crippen LogP contribution in [-0.2, 0) is 16.6 Å². The van der Waals surface area contributed by atoms with E-state index in [9.17, 15) is 12.8 Å². The summed E-state index contributed by atoms with van der Waals surface area (Å²) in [7, 11) is -3.86. The van der Waals surface area contributed by atoms with Gasteiger partial charge < -0.3 is 5.11 Å². The van der Waals surface area contributed by atoms with Crippen LogP contribution in [0.1, 0.15) is 31.7 Å². The Hall–Kier alpha value is -0.500. The summed E-state index contributed by atoms with van der Waals surface area (Å²) in [5, 5.41) is 9.14. The Morgan fingerprint density at radius 3 is 2.81 bits per heavy atom. The van der Waals surface area contributed by atoms with Crippen molar-refractivity contribution in [3.63, 3.8) is 0 Å². The number of sulfonamides is 1. The van der Waals surface area contributed by atoms with Gasteiger partial charge in [0, 0.05) is 23.1 Å². The average Bonchev–Trinajstić information content (AvgIpc) is 2.90. The molecular formula is C14H19BrFNO3S. The molecule has 1 heterocycles. The summed E-state index contributed by atoms with van der Waals surface area (Å²) in [5.74, 6) is -0.517. The lowest BCUT2D eigenvalue weighted by molar-refractivity contribution is 0.274. The highest BCUT2D eigenvalue weighted by Gasteiger charge is 2.34. The van der Waals surface area contributed by atoms with Crippen molar-refractivity contribution >= 4 is 26.0 Å². The minimum atomic E-state index is -3.86. The van der Waals surface area contributed by atoms with E-state index in [2.05, 4.69) is 22.9 Å². The Balaban J connectivity index is 2.35. The second-order valence-corrected chi connectivity index (χ2v) is 8.16. The van der Waals surface area contributed by atoms with Gasteiger partial charge in [-0.2, -0.15) is 4.31 Å². The molecule has 0 radical (unpaired) electrons. The molecule has 1 aromatic rings. The summed E-state index contributed by atoms with van der Waals surface area (Å²) in [6.07, 6.45) is 2.81. The highest BCUT2D eigenvalue weighted by Crippen LogP contribution is 2.31. The van der Waals surface area contributed by atoms with Crippen molar-refractivity contribution in [3.05, 3.63) is 28.0 Å². The minimum absolute atomic E-state index is 0.0211. The molecule has 7 heteroatoms. The Kier molecular flexibility index (Phi) is 5.40. The third-order valence-corrected chi connectivity index (χ3v) is 6.14. The SMILES string of the molecule is CCCC1CCN(S(=O)(=O)c2cc(Br)cc(CO)c2F)C1. The average molecular weight is 380 g/mol. The second-order valence-electron chi connectivity index (χ2n) is 5.34. The molecule has 0 spiro atoms. The normalized spacial score (nSPS) is 20.1. The Labute approximate surface area is 133 Å². The largest absolute Gasteiger partial charge is 0.392 e. The van der Waals surface area contributed by atoms with E-state index >= 15 is 0 Å². The lowest BCUT2D eigenvalue weighted by atomic mass is 10.0. The summed E-state index contributed by atoms with van der Waals surface area (Å²) in [5.41, 5.74) is -0.0211. The summed E-state index contributed by atoms with van der Waals surface area (Å²) in [6, 6.07) is 2.65. The first kappa shape index (κ1) is 16.9. The van der Waals surface area contributed by atoms with Crippen molar-refractivity contribution < 1.29 is 17.9 Å². The number of benzene rings is 1. The van der Waals surface area contributed by atoms with Crippen molar-refractivity contribution in [1.82, 2.24) is 4.31 Å². The zero-order valence-corrected chi connectivity index (χ0v) is 14.3. The molecule has 1 unspecified atom stereocenters. The van der Waals surface area contributed by atoms with Crippen LogP contribution in [0.3, 0.4) is 0 Å². The van der Waals surface area contributed by atoms with Crippen LogP contribution in [-0.4, -0.2) is 30.9 Å². The van der Waals surface area contributed by atoms with Gasteiger partial charge in [0.05, 0.1) is 6.61 Å². The third kappa shape index (κ3) is 3.47. The van der Waals surface area contributed by atoms with E-state index in [4.69, 9.17) is 5.11 Å². The van der Waals surface area contributed by atoms with Crippen LogP contribution in [0.15, 0.2) is 21.5 Å². The number of nitrogens with zero attached hydrogens (tertiary/aromatic N) is 1. The van der Waals surface area contributed by atoms with Gasteiger partial charge in [-0.3, -0.25) is 0 Å². The van der Waals surface area contributed by atoms with Gasteiger partial charge >= 0.3 is 0 Å². The van der Waals surface area contributed by atoms with Gasteiger partial charge in [-0.25, -0.2) is 12.8 Å². The van der Waals surface area contributed by atoms with Crippen LogP contribution in [0.4, 0.5) is 4.39 Å². The number of halogens is 2. The summed E-state index contributed by atoms with van der Waals surface area (Å²) in [4.78, 5) is -0.363. The molecule has 1 aliphatic heterocycles. The number of hydrogen-bond acceptors (Lipinski definition) is 3. The molecular weight excluding hydrogens is 361 g/mol. The van der Waals surface area contributed by atoms with Gasteiger partial charge in [0.1, 0.15) is 10.7 Å². The number of hydrogen-bond donors (Lipinski definition) is 1. The van der Waals surface area contributed by atoms with Crippen LogP contribution in [0.2, 0.25) is 0 Å². The zero-order chi connectivity index (χ0) is 15.6. The van der Waals surface area contributed by atoms with E-state index in [0.717, 1.165) is 19.3 Å². The first-order valence-electron chi connectivity index (χ1n) is 6.99. The predicted molar refractivity (Wildman–Crippen MR) is 81.8 cm³/mol. The van der Waals surface area contributed by atoms with Crippen LogP contribution in [0.25, 0.3) is 0 Å². The van der Waals surface area contributed by atoms with Gasteiger partial charge in [0.25, 0.3) is 0 Å². The quantitative estimate of drug-likeness (QED) is 0.855. The minimum Gasteiger partial charge on any atom is -0.392 e.